The van der Waals surface area contributed by atoms with E-state index in [1.165, 1.54) is 0 Å². The smallest absolute Gasteiger partial charge is 0.250 e. The first kappa shape index (κ1) is 13.3. The number of nitrogens with zero attached hydrogens (tertiary/aromatic N) is 2. The third-order valence-corrected chi connectivity index (χ3v) is 3.02. The van der Waals surface area contributed by atoms with Crippen LogP contribution in [0.3, 0.4) is 0 Å². The van der Waals surface area contributed by atoms with Gasteiger partial charge in [-0.15, -0.1) is 0 Å². The molecule has 0 aromatic carbocycles. The Morgan fingerprint density at radius 2 is 2.21 bits per heavy atom. The summed E-state index contributed by atoms with van der Waals surface area (Å²) in [4.78, 5) is 15.8. The molecule has 19 heavy (non-hydrogen) atoms. The zero-order chi connectivity index (χ0) is 13.7. The van der Waals surface area contributed by atoms with E-state index in [2.05, 4.69) is 24.1 Å². The van der Waals surface area contributed by atoms with Gasteiger partial charge in [-0.05, 0) is 31.0 Å². The van der Waals surface area contributed by atoms with Crippen molar-refractivity contribution in [1.29, 1.82) is 0 Å². The molecule has 100 valence electrons. The van der Waals surface area contributed by atoms with E-state index < -0.39 is 0 Å². The highest BCUT2D eigenvalue weighted by Gasteiger charge is 2.05. The van der Waals surface area contributed by atoms with Crippen LogP contribution in [0.15, 0.2) is 47.7 Å². The fourth-order valence-electron chi connectivity index (χ4n) is 2.00. The van der Waals surface area contributed by atoms with E-state index in [0.717, 1.165) is 24.2 Å². The molecule has 0 amide bonds. The van der Waals surface area contributed by atoms with Crippen LogP contribution in [-0.4, -0.2) is 9.55 Å². The van der Waals surface area contributed by atoms with Gasteiger partial charge in [-0.1, -0.05) is 13.0 Å². The Kier molecular flexibility index (Phi) is 4.34. The quantitative estimate of drug-likeness (QED) is 0.896. The molecule has 0 saturated carbocycles. The van der Waals surface area contributed by atoms with Crippen LogP contribution in [0.1, 0.15) is 31.9 Å². The number of aryl methyl sites for hydroxylation is 1. The molecule has 1 unspecified atom stereocenters. The molecule has 2 aromatic rings. The van der Waals surface area contributed by atoms with Crippen molar-refractivity contribution in [2.24, 2.45) is 0 Å². The topological polar surface area (TPSA) is 46.9 Å². The third kappa shape index (κ3) is 3.44. The van der Waals surface area contributed by atoms with Gasteiger partial charge in [-0.2, -0.15) is 0 Å². The van der Waals surface area contributed by atoms with E-state index in [1.807, 2.05) is 30.6 Å². The second kappa shape index (κ2) is 6.18. The van der Waals surface area contributed by atoms with Gasteiger partial charge in [0.05, 0.1) is 11.7 Å². The minimum atomic E-state index is 0.0430. The van der Waals surface area contributed by atoms with Crippen molar-refractivity contribution in [3.05, 3.63) is 58.8 Å². The molecule has 4 nitrogen and oxygen atoms in total. The van der Waals surface area contributed by atoms with Crippen LogP contribution in [0.4, 0.5) is 5.69 Å². The van der Waals surface area contributed by atoms with Crippen LogP contribution < -0.4 is 10.9 Å². The van der Waals surface area contributed by atoms with Crippen LogP contribution >= 0.6 is 0 Å². The Bertz CT molecular complexity index is 577. The van der Waals surface area contributed by atoms with Gasteiger partial charge in [-0.3, -0.25) is 9.78 Å². The Morgan fingerprint density at radius 3 is 2.89 bits per heavy atom. The fourth-order valence-corrected chi connectivity index (χ4v) is 2.00. The molecule has 4 heteroatoms. The van der Waals surface area contributed by atoms with Crippen LogP contribution in [0.25, 0.3) is 0 Å². The molecular formula is C15H19N3O. The Hall–Kier alpha value is -2.10. The maximum Gasteiger partial charge on any atom is 0.250 e. The second-order valence-electron chi connectivity index (χ2n) is 4.60. The summed E-state index contributed by atoms with van der Waals surface area (Å²) >= 11 is 0. The van der Waals surface area contributed by atoms with Crippen molar-refractivity contribution in [3.63, 3.8) is 0 Å². The highest BCUT2D eigenvalue weighted by Crippen LogP contribution is 2.17. The zero-order valence-corrected chi connectivity index (χ0v) is 11.3. The van der Waals surface area contributed by atoms with Crippen molar-refractivity contribution >= 4 is 5.69 Å². The van der Waals surface area contributed by atoms with Crippen molar-refractivity contribution < 1.29 is 0 Å². The van der Waals surface area contributed by atoms with Gasteiger partial charge in [0.1, 0.15) is 0 Å². The Labute approximate surface area is 113 Å². The lowest BCUT2D eigenvalue weighted by Gasteiger charge is -2.16. The van der Waals surface area contributed by atoms with E-state index in [1.54, 1.807) is 16.8 Å². The van der Waals surface area contributed by atoms with Gasteiger partial charge in [0.25, 0.3) is 5.56 Å². The number of hydrogen-bond donors (Lipinski definition) is 1. The Morgan fingerprint density at radius 1 is 1.37 bits per heavy atom. The first-order chi connectivity index (χ1) is 9.20. The molecule has 0 aliphatic rings. The lowest BCUT2D eigenvalue weighted by molar-refractivity contribution is 0.654. The number of pyridine rings is 2. The van der Waals surface area contributed by atoms with E-state index >= 15 is 0 Å². The van der Waals surface area contributed by atoms with Crippen LogP contribution in [-0.2, 0) is 6.54 Å². The zero-order valence-electron chi connectivity index (χ0n) is 11.3. The van der Waals surface area contributed by atoms with E-state index in [9.17, 15) is 4.79 Å². The van der Waals surface area contributed by atoms with Crippen molar-refractivity contribution in [2.45, 2.75) is 32.9 Å². The van der Waals surface area contributed by atoms with Gasteiger partial charge >= 0.3 is 0 Å². The van der Waals surface area contributed by atoms with E-state index in [0.29, 0.717) is 0 Å². The third-order valence-electron chi connectivity index (χ3n) is 3.02. The SMILES string of the molecule is CCCn1cc(NC(C)c2cccnc2)ccc1=O. The molecule has 0 aliphatic carbocycles. The summed E-state index contributed by atoms with van der Waals surface area (Å²) < 4.78 is 1.73. The van der Waals surface area contributed by atoms with Gasteiger partial charge in [0.15, 0.2) is 0 Å². The number of nitrogens with one attached hydrogen (secondary N) is 1. The van der Waals surface area contributed by atoms with Gasteiger partial charge in [-0.25, -0.2) is 0 Å². The maximum atomic E-state index is 11.6. The molecule has 0 fully saturated rings. The average molecular weight is 257 g/mol. The number of anilines is 1. The maximum absolute atomic E-state index is 11.6. The summed E-state index contributed by atoms with van der Waals surface area (Å²) in [6.45, 7) is 4.88. The molecule has 0 radical (unpaired) electrons. The predicted octanol–water partition coefficient (Wildman–Crippen LogP) is 2.83. The summed E-state index contributed by atoms with van der Waals surface area (Å²) in [6.07, 6.45) is 6.43. The number of hydrogen-bond acceptors (Lipinski definition) is 3. The summed E-state index contributed by atoms with van der Waals surface area (Å²) in [5.41, 5.74) is 2.11. The summed E-state index contributed by atoms with van der Waals surface area (Å²) in [5, 5.41) is 3.38. The lowest BCUT2D eigenvalue weighted by atomic mass is 10.1. The van der Waals surface area contributed by atoms with Crippen LogP contribution in [0, 0.1) is 0 Å². The van der Waals surface area contributed by atoms with E-state index in [4.69, 9.17) is 0 Å². The first-order valence-corrected chi connectivity index (χ1v) is 6.57. The standard InChI is InChI=1S/C15H19N3O/c1-3-9-18-11-14(6-7-15(18)19)17-12(2)13-5-4-8-16-10-13/h4-8,10-12,17H,3,9H2,1-2H3. The molecule has 2 aromatic heterocycles. The molecular weight excluding hydrogens is 238 g/mol. The minimum absolute atomic E-state index is 0.0430. The molecule has 0 spiro atoms. The predicted molar refractivity (Wildman–Crippen MR) is 77.3 cm³/mol. The number of rotatable bonds is 5. The van der Waals surface area contributed by atoms with Crippen molar-refractivity contribution in [1.82, 2.24) is 9.55 Å². The van der Waals surface area contributed by atoms with Crippen LogP contribution in [0.2, 0.25) is 0 Å². The van der Waals surface area contributed by atoms with Crippen molar-refractivity contribution in [2.75, 3.05) is 5.32 Å². The van der Waals surface area contributed by atoms with Crippen LogP contribution in [0.5, 0.6) is 0 Å². The van der Waals surface area contributed by atoms with Gasteiger partial charge < -0.3 is 9.88 Å². The van der Waals surface area contributed by atoms with Crippen molar-refractivity contribution in [3.8, 4) is 0 Å². The van der Waals surface area contributed by atoms with Gasteiger partial charge in [0.2, 0.25) is 0 Å². The number of aromatic nitrogens is 2. The monoisotopic (exact) mass is 257 g/mol. The minimum Gasteiger partial charge on any atom is -0.377 e. The largest absolute Gasteiger partial charge is 0.377 e. The molecule has 0 saturated heterocycles. The van der Waals surface area contributed by atoms with E-state index in [-0.39, 0.29) is 11.6 Å². The second-order valence-corrected chi connectivity index (χ2v) is 4.60. The molecule has 2 rings (SSSR count). The molecule has 1 atom stereocenters. The summed E-state index contributed by atoms with van der Waals surface area (Å²) in [6, 6.07) is 7.54. The molecule has 2 heterocycles. The highest BCUT2D eigenvalue weighted by atomic mass is 16.1. The normalized spacial score (nSPS) is 12.1. The van der Waals surface area contributed by atoms with Gasteiger partial charge in [0, 0.05) is 31.2 Å². The average Bonchev–Trinajstić information content (AvgIpc) is 2.44. The molecule has 0 aliphatic heterocycles. The molecule has 0 bridgehead atoms. The lowest BCUT2D eigenvalue weighted by Crippen LogP contribution is -2.19. The fraction of sp³-hybridized carbons (Fsp3) is 0.333. The Balaban J connectivity index is 2.15. The first-order valence-electron chi connectivity index (χ1n) is 6.57. The molecule has 1 N–H and O–H groups in total. The summed E-state index contributed by atoms with van der Waals surface area (Å²) in [5.74, 6) is 0. The highest BCUT2D eigenvalue weighted by molar-refractivity contribution is 5.42. The summed E-state index contributed by atoms with van der Waals surface area (Å²) in [7, 11) is 0.